The van der Waals surface area contributed by atoms with Crippen LogP contribution in [0.4, 0.5) is 13.2 Å². The van der Waals surface area contributed by atoms with Crippen LogP contribution in [-0.2, 0) is 9.59 Å². The van der Waals surface area contributed by atoms with Crippen molar-refractivity contribution < 1.29 is 27.5 Å². The normalized spacial score (nSPS) is 24.8. The van der Waals surface area contributed by atoms with Gasteiger partial charge in [-0.15, -0.1) is 0 Å². The van der Waals surface area contributed by atoms with Crippen LogP contribution >= 0.6 is 0 Å². The molecule has 2 aliphatic heterocycles. The summed E-state index contributed by atoms with van der Waals surface area (Å²) < 4.78 is 47.8. The molecule has 192 valence electrons. The van der Waals surface area contributed by atoms with Gasteiger partial charge in [-0.3, -0.25) is 9.59 Å². The Morgan fingerprint density at radius 1 is 0.972 bits per heavy atom. The average Bonchev–Trinajstić information content (AvgIpc) is 2.83. The third-order valence-corrected chi connectivity index (χ3v) is 7.94. The molecule has 5 rings (SSSR count). The molecule has 0 radical (unpaired) electrons. The molecule has 5 nitrogen and oxygen atoms in total. The third kappa shape index (κ3) is 4.70. The largest absolute Gasteiger partial charge is 0.457 e. The highest BCUT2D eigenvalue weighted by Crippen LogP contribution is 2.45. The van der Waals surface area contributed by atoms with Gasteiger partial charge in [-0.05, 0) is 55.4 Å². The van der Waals surface area contributed by atoms with E-state index in [9.17, 15) is 22.8 Å². The summed E-state index contributed by atoms with van der Waals surface area (Å²) in [5.41, 5.74) is 3.49. The van der Waals surface area contributed by atoms with Crippen molar-refractivity contribution >= 4 is 11.8 Å². The summed E-state index contributed by atoms with van der Waals surface area (Å²) in [5, 5.41) is 5.16. The van der Waals surface area contributed by atoms with Gasteiger partial charge < -0.3 is 15.4 Å². The van der Waals surface area contributed by atoms with E-state index in [1.165, 1.54) is 0 Å². The summed E-state index contributed by atoms with van der Waals surface area (Å²) in [7, 11) is 0. The maximum Gasteiger partial charge on any atom is 0.408 e. The molecule has 2 fully saturated rings. The van der Waals surface area contributed by atoms with Crippen molar-refractivity contribution in [2.75, 3.05) is 0 Å². The van der Waals surface area contributed by atoms with Gasteiger partial charge in [0.15, 0.2) is 0 Å². The molecule has 3 unspecified atom stereocenters. The fraction of sp³-hybridized carbons (Fsp3) is 0.500. The number of hydrogen-bond donors (Lipinski definition) is 2. The Balaban J connectivity index is 1.43. The summed E-state index contributed by atoms with van der Waals surface area (Å²) in [4.78, 5) is 26.4. The second kappa shape index (κ2) is 9.45. The molecule has 1 aliphatic carbocycles. The predicted molar refractivity (Wildman–Crippen MR) is 129 cm³/mol. The number of piperidine rings is 1. The molecule has 3 atom stereocenters. The molecule has 1 saturated heterocycles. The molecule has 0 spiro atoms. The third-order valence-electron chi connectivity index (χ3n) is 7.94. The van der Waals surface area contributed by atoms with E-state index in [-0.39, 0.29) is 12.3 Å². The van der Waals surface area contributed by atoms with Gasteiger partial charge in [0.05, 0.1) is 6.04 Å². The van der Waals surface area contributed by atoms with Crippen LogP contribution < -0.4 is 15.4 Å². The SMILES string of the molecule is Cc1ccc2c(c1)Oc1cc(C)ccc1C2NC(=O)C1CC(C2CCCCC2)C(C(F)(F)F)NC1=O. The summed E-state index contributed by atoms with van der Waals surface area (Å²) >= 11 is 0. The highest BCUT2D eigenvalue weighted by atomic mass is 19.4. The second-order valence-electron chi connectivity index (χ2n) is 10.5. The number of aryl methyl sites for hydroxylation is 2. The van der Waals surface area contributed by atoms with Gasteiger partial charge in [-0.25, -0.2) is 0 Å². The monoisotopic (exact) mass is 500 g/mol. The van der Waals surface area contributed by atoms with Gasteiger partial charge in [0, 0.05) is 11.1 Å². The molecule has 2 aromatic carbocycles. The summed E-state index contributed by atoms with van der Waals surface area (Å²) in [6.45, 7) is 3.88. The van der Waals surface area contributed by atoms with E-state index in [0.29, 0.717) is 24.3 Å². The summed E-state index contributed by atoms with van der Waals surface area (Å²) in [5.74, 6) is -2.33. The lowest BCUT2D eigenvalue weighted by Crippen LogP contribution is -2.60. The minimum atomic E-state index is -4.55. The van der Waals surface area contributed by atoms with Crippen molar-refractivity contribution in [3.8, 4) is 11.5 Å². The lowest BCUT2D eigenvalue weighted by atomic mass is 9.70. The van der Waals surface area contributed by atoms with Gasteiger partial charge in [0.2, 0.25) is 11.8 Å². The van der Waals surface area contributed by atoms with E-state index in [2.05, 4.69) is 10.6 Å². The highest BCUT2D eigenvalue weighted by molar-refractivity contribution is 6.01. The van der Waals surface area contributed by atoms with E-state index in [1.807, 2.05) is 50.2 Å². The Kier molecular flexibility index (Phi) is 6.47. The first-order valence-corrected chi connectivity index (χ1v) is 12.7. The average molecular weight is 501 g/mol. The number of carbonyl (C=O) groups excluding carboxylic acids is 2. The molecule has 36 heavy (non-hydrogen) atoms. The van der Waals surface area contributed by atoms with Gasteiger partial charge in [0.1, 0.15) is 23.5 Å². The standard InChI is InChI=1S/C28H31F3N2O3/c1-15-8-10-18-22(12-15)36-23-13-16(2)9-11-19(23)24(18)32-26(34)21-14-20(17-6-4-3-5-7-17)25(28(29,30)31)33-27(21)35/h8-13,17,20-21,24-25H,3-7,14H2,1-2H3,(H,32,34)(H,33,35). The van der Waals surface area contributed by atoms with Crippen LogP contribution in [-0.4, -0.2) is 24.0 Å². The van der Waals surface area contributed by atoms with Crippen LogP contribution in [0.5, 0.6) is 11.5 Å². The lowest BCUT2D eigenvalue weighted by Gasteiger charge is -2.42. The van der Waals surface area contributed by atoms with E-state index in [1.54, 1.807) is 0 Å². The molecular weight excluding hydrogens is 469 g/mol. The zero-order valence-corrected chi connectivity index (χ0v) is 20.5. The van der Waals surface area contributed by atoms with Gasteiger partial charge in [0.25, 0.3) is 0 Å². The van der Waals surface area contributed by atoms with E-state index in [0.717, 1.165) is 41.5 Å². The quantitative estimate of drug-likeness (QED) is 0.518. The van der Waals surface area contributed by atoms with Crippen molar-refractivity contribution in [2.45, 2.75) is 70.6 Å². The first-order valence-electron chi connectivity index (χ1n) is 12.7. The van der Waals surface area contributed by atoms with Crippen molar-refractivity contribution in [1.29, 1.82) is 0 Å². The topological polar surface area (TPSA) is 67.4 Å². The number of alkyl halides is 3. The number of amides is 2. The zero-order chi connectivity index (χ0) is 25.6. The molecule has 0 aromatic heterocycles. The Labute approximate surface area is 208 Å². The molecule has 8 heteroatoms. The van der Waals surface area contributed by atoms with Crippen molar-refractivity contribution in [1.82, 2.24) is 10.6 Å². The first kappa shape index (κ1) is 24.7. The summed E-state index contributed by atoms with van der Waals surface area (Å²) in [6.07, 6.45) is -0.486. The zero-order valence-electron chi connectivity index (χ0n) is 20.5. The Morgan fingerprint density at radius 3 is 2.11 bits per heavy atom. The second-order valence-corrected chi connectivity index (χ2v) is 10.5. The maximum absolute atomic E-state index is 13.9. The molecule has 3 aliphatic rings. The number of fused-ring (bicyclic) bond motifs is 2. The number of hydrogen-bond acceptors (Lipinski definition) is 3. The molecule has 2 heterocycles. The van der Waals surface area contributed by atoms with Crippen molar-refractivity contribution in [3.63, 3.8) is 0 Å². The number of nitrogens with one attached hydrogen (secondary N) is 2. The van der Waals surface area contributed by atoms with Crippen LogP contribution in [0.3, 0.4) is 0 Å². The number of halogens is 3. The number of ether oxygens (including phenoxy) is 1. The van der Waals surface area contributed by atoms with Crippen LogP contribution in [0, 0.1) is 31.6 Å². The van der Waals surface area contributed by atoms with Crippen molar-refractivity contribution in [3.05, 3.63) is 58.7 Å². The Bertz CT molecular complexity index is 1120. The molecular formula is C28H31F3N2O3. The molecule has 1 saturated carbocycles. The maximum atomic E-state index is 13.9. The Hall–Kier alpha value is -3.03. The first-order chi connectivity index (χ1) is 17.1. The van der Waals surface area contributed by atoms with Crippen LogP contribution in [0.2, 0.25) is 0 Å². The smallest absolute Gasteiger partial charge is 0.408 e. The number of rotatable bonds is 3. The highest BCUT2D eigenvalue weighted by Gasteiger charge is 2.53. The van der Waals surface area contributed by atoms with Gasteiger partial charge >= 0.3 is 6.18 Å². The minimum Gasteiger partial charge on any atom is -0.457 e. The fourth-order valence-electron chi connectivity index (χ4n) is 6.08. The minimum absolute atomic E-state index is 0.1000. The van der Waals surface area contributed by atoms with E-state index >= 15 is 0 Å². The van der Waals surface area contributed by atoms with Crippen LogP contribution in [0.15, 0.2) is 36.4 Å². The van der Waals surface area contributed by atoms with Crippen LogP contribution in [0.1, 0.15) is 66.8 Å². The lowest BCUT2D eigenvalue weighted by molar-refractivity contribution is -0.187. The van der Waals surface area contributed by atoms with Crippen molar-refractivity contribution in [2.24, 2.45) is 17.8 Å². The van der Waals surface area contributed by atoms with Crippen LogP contribution in [0.25, 0.3) is 0 Å². The molecule has 2 aromatic rings. The number of carbonyl (C=O) groups is 2. The molecule has 2 N–H and O–H groups in total. The number of benzene rings is 2. The summed E-state index contributed by atoms with van der Waals surface area (Å²) in [6, 6.07) is 8.89. The Morgan fingerprint density at radius 2 is 1.56 bits per heavy atom. The van der Waals surface area contributed by atoms with Gasteiger partial charge in [-0.1, -0.05) is 56.4 Å². The van der Waals surface area contributed by atoms with Gasteiger partial charge in [-0.2, -0.15) is 13.2 Å². The van der Waals surface area contributed by atoms with E-state index in [4.69, 9.17) is 4.74 Å². The molecule has 2 amide bonds. The predicted octanol–water partition coefficient (Wildman–Crippen LogP) is 5.88. The fourth-order valence-corrected chi connectivity index (χ4v) is 6.08. The van der Waals surface area contributed by atoms with E-state index < -0.39 is 41.9 Å². The molecule has 0 bridgehead atoms.